The van der Waals surface area contributed by atoms with Gasteiger partial charge in [0.1, 0.15) is 12.2 Å². The number of rotatable bonds is 6. The van der Waals surface area contributed by atoms with Gasteiger partial charge in [-0.3, -0.25) is 9.59 Å². The fourth-order valence-electron chi connectivity index (χ4n) is 1.36. The van der Waals surface area contributed by atoms with E-state index >= 15 is 0 Å². The molecule has 0 aromatic heterocycles. The SMILES string of the molecule is C=Cc1ccc(CCC(=O)CC(=O)O)cc1. The van der Waals surface area contributed by atoms with Crippen molar-refractivity contribution in [1.29, 1.82) is 0 Å². The van der Waals surface area contributed by atoms with Crippen LogP contribution in [-0.4, -0.2) is 16.9 Å². The van der Waals surface area contributed by atoms with Crippen LogP contribution in [0, 0.1) is 0 Å². The van der Waals surface area contributed by atoms with E-state index in [-0.39, 0.29) is 18.6 Å². The predicted molar refractivity (Wildman–Crippen MR) is 62.1 cm³/mol. The first-order valence-corrected chi connectivity index (χ1v) is 5.06. The van der Waals surface area contributed by atoms with Crippen LogP contribution in [0.1, 0.15) is 24.0 Å². The second kappa shape index (κ2) is 5.85. The molecule has 0 heterocycles. The Bertz CT molecular complexity index is 390. The van der Waals surface area contributed by atoms with Gasteiger partial charge in [-0.05, 0) is 17.5 Å². The van der Waals surface area contributed by atoms with E-state index in [0.29, 0.717) is 6.42 Å². The molecule has 3 nitrogen and oxygen atoms in total. The van der Waals surface area contributed by atoms with Crippen molar-refractivity contribution in [3.63, 3.8) is 0 Å². The summed E-state index contributed by atoms with van der Waals surface area (Å²) in [7, 11) is 0. The van der Waals surface area contributed by atoms with Crippen LogP contribution in [0.25, 0.3) is 6.08 Å². The normalized spacial score (nSPS) is 9.75. The van der Waals surface area contributed by atoms with Crippen molar-refractivity contribution in [3.05, 3.63) is 42.0 Å². The lowest BCUT2D eigenvalue weighted by atomic mass is 10.0. The number of hydrogen-bond donors (Lipinski definition) is 1. The van der Waals surface area contributed by atoms with Crippen molar-refractivity contribution in [2.45, 2.75) is 19.3 Å². The summed E-state index contributed by atoms with van der Waals surface area (Å²) < 4.78 is 0. The van der Waals surface area contributed by atoms with Crippen molar-refractivity contribution in [3.8, 4) is 0 Å². The molecule has 0 fully saturated rings. The molecule has 0 aliphatic rings. The molecule has 0 unspecified atom stereocenters. The van der Waals surface area contributed by atoms with Gasteiger partial charge >= 0.3 is 5.97 Å². The second-order valence-electron chi connectivity index (χ2n) is 3.55. The minimum absolute atomic E-state index is 0.236. The van der Waals surface area contributed by atoms with Crippen molar-refractivity contribution in [1.82, 2.24) is 0 Å². The molecule has 1 aromatic carbocycles. The van der Waals surface area contributed by atoms with Gasteiger partial charge in [0.2, 0.25) is 0 Å². The van der Waals surface area contributed by atoms with E-state index in [2.05, 4.69) is 6.58 Å². The molecule has 0 saturated carbocycles. The molecule has 0 amide bonds. The number of aryl methyl sites for hydroxylation is 1. The fraction of sp³-hybridized carbons (Fsp3) is 0.231. The van der Waals surface area contributed by atoms with E-state index in [4.69, 9.17) is 5.11 Å². The van der Waals surface area contributed by atoms with Crippen molar-refractivity contribution in [2.75, 3.05) is 0 Å². The lowest BCUT2D eigenvalue weighted by Gasteiger charge is -2.00. The summed E-state index contributed by atoms with van der Waals surface area (Å²) in [4.78, 5) is 21.4. The van der Waals surface area contributed by atoms with E-state index in [1.54, 1.807) is 6.08 Å². The Morgan fingerprint density at radius 2 is 1.88 bits per heavy atom. The third-order valence-electron chi connectivity index (χ3n) is 2.26. The number of ketones is 1. The first kappa shape index (κ1) is 12.2. The van der Waals surface area contributed by atoms with Gasteiger partial charge in [-0.25, -0.2) is 0 Å². The molecule has 1 N–H and O–H groups in total. The number of carbonyl (C=O) groups is 2. The van der Waals surface area contributed by atoms with Gasteiger partial charge in [-0.15, -0.1) is 0 Å². The van der Waals surface area contributed by atoms with Crippen LogP contribution in [0.2, 0.25) is 0 Å². The highest BCUT2D eigenvalue weighted by molar-refractivity contribution is 5.94. The monoisotopic (exact) mass is 218 g/mol. The minimum Gasteiger partial charge on any atom is -0.481 e. The number of carboxylic acids is 1. The van der Waals surface area contributed by atoms with Gasteiger partial charge in [-0.1, -0.05) is 36.9 Å². The van der Waals surface area contributed by atoms with Gasteiger partial charge < -0.3 is 5.11 Å². The van der Waals surface area contributed by atoms with Gasteiger partial charge in [0.25, 0.3) is 0 Å². The van der Waals surface area contributed by atoms with Gasteiger partial charge in [0.05, 0.1) is 0 Å². The molecule has 0 bridgehead atoms. The molecule has 3 heteroatoms. The average Bonchev–Trinajstić information content (AvgIpc) is 2.26. The maximum absolute atomic E-state index is 11.2. The van der Waals surface area contributed by atoms with E-state index in [1.807, 2.05) is 24.3 Å². The zero-order valence-electron chi connectivity index (χ0n) is 8.98. The third-order valence-corrected chi connectivity index (χ3v) is 2.26. The molecular formula is C13H14O3. The molecule has 0 spiro atoms. The number of Topliss-reactive ketones (excluding diaryl/α,β-unsaturated/α-hetero) is 1. The second-order valence-corrected chi connectivity index (χ2v) is 3.55. The topological polar surface area (TPSA) is 54.4 Å². The van der Waals surface area contributed by atoms with E-state index < -0.39 is 5.97 Å². The zero-order valence-corrected chi connectivity index (χ0v) is 8.98. The summed E-state index contributed by atoms with van der Waals surface area (Å²) in [5, 5.41) is 8.42. The Hall–Kier alpha value is -1.90. The van der Waals surface area contributed by atoms with Crippen molar-refractivity contribution >= 4 is 17.8 Å². The summed E-state index contributed by atoms with van der Waals surface area (Å²) in [6.07, 6.45) is 2.23. The summed E-state index contributed by atoms with van der Waals surface area (Å²) in [6, 6.07) is 7.68. The molecule has 1 rings (SSSR count). The highest BCUT2D eigenvalue weighted by Gasteiger charge is 2.07. The Morgan fingerprint density at radius 1 is 1.25 bits per heavy atom. The first-order chi connectivity index (χ1) is 7.61. The molecule has 16 heavy (non-hydrogen) atoms. The van der Waals surface area contributed by atoms with Crippen LogP contribution in [0.5, 0.6) is 0 Å². The number of carbonyl (C=O) groups excluding carboxylic acids is 1. The van der Waals surface area contributed by atoms with Crippen LogP contribution in [0.15, 0.2) is 30.8 Å². The Labute approximate surface area is 94.4 Å². The summed E-state index contributed by atoms with van der Waals surface area (Å²) in [5.74, 6) is -1.30. The van der Waals surface area contributed by atoms with E-state index in [9.17, 15) is 9.59 Å². The highest BCUT2D eigenvalue weighted by atomic mass is 16.4. The van der Waals surface area contributed by atoms with Gasteiger partial charge in [0.15, 0.2) is 0 Å². The number of benzene rings is 1. The molecule has 0 atom stereocenters. The summed E-state index contributed by atoms with van der Waals surface area (Å²) in [6.45, 7) is 3.65. The minimum atomic E-state index is -1.06. The molecular weight excluding hydrogens is 204 g/mol. The maximum Gasteiger partial charge on any atom is 0.310 e. The standard InChI is InChI=1S/C13H14O3/c1-2-10-3-5-11(6-4-10)7-8-12(14)9-13(15)16/h2-6H,1,7-9H2,(H,15,16). The molecule has 0 aliphatic carbocycles. The number of aliphatic carboxylic acids is 1. The predicted octanol–water partition coefficient (Wildman–Crippen LogP) is 2.31. The van der Waals surface area contributed by atoms with Crippen molar-refractivity contribution in [2.24, 2.45) is 0 Å². The quantitative estimate of drug-likeness (QED) is 0.745. The van der Waals surface area contributed by atoms with E-state index in [0.717, 1.165) is 11.1 Å². The lowest BCUT2D eigenvalue weighted by molar-refractivity contribution is -0.140. The van der Waals surface area contributed by atoms with E-state index in [1.165, 1.54) is 0 Å². The van der Waals surface area contributed by atoms with Crippen LogP contribution in [0.4, 0.5) is 0 Å². The average molecular weight is 218 g/mol. The Morgan fingerprint density at radius 3 is 2.38 bits per heavy atom. The fourth-order valence-corrected chi connectivity index (χ4v) is 1.36. The van der Waals surface area contributed by atoms with Crippen molar-refractivity contribution < 1.29 is 14.7 Å². The summed E-state index contributed by atoms with van der Waals surface area (Å²) >= 11 is 0. The zero-order chi connectivity index (χ0) is 12.0. The molecule has 84 valence electrons. The first-order valence-electron chi connectivity index (χ1n) is 5.06. The van der Waals surface area contributed by atoms with Gasteiger partial charge in [0, 0.05) is 6.42 Å². The third kappa shape index (κ3) is 4.09. The number of carboxylic acid groups (broad SMARTS) is 1. The largest absolute Gasteiger partial charge is 0.481 e. The van der Waals surface area contributed by atoms with Crippen LogP contribution < -0.4 is 0 Å². The number of hydrogen-bond acceptors (Lipinski definition) is 2. The molecule has 0 aliphatic heterocycles. The Kier molecular flexibility index (Phi) is 4.45. The molecule has 0 radical (unpaired) electrons. The van der Waals surface area contributed by atoms with Crippen LogP contribution >= 0.6 is 0 Å². The van der Waals surface area contributed by atoms with Crippen LogP contribution in [0.3, 0.4) is 0 Å². The molecule has 0 saturated heterocycles. The maximum atomic E-state index is 11.2. The lowest BCUT2D eigenvalue weighted by Crippen LogP contribution is -2.07. The Balaban J connectivity index is 2.45. The summed E-state index contributed by atoms with van der Waals surface area (Å²) in [5.41, 5.74) is 2.06. The van der Waals surface area contributed by atoms with Crippen LogP contribution in [-0.2, 0) is 16.0 Å². The van der Waals surface area contributed by atoms with Gasteiger partial charge in [-0.2, -0.15) is 0 Å². The molecule has 1 aromatic rings. The smallest absolute Gasteiger partial charge is 0.310 e. The highest BCUT2D eigenvalue weighted by Crippen LogP contribution is 2.08.